The molecule has 1 saturated heterocycles. The SMILES string of the molecule is CC(C)C[C@H](NC(=O)c1ccc(S(=O)(=O)c2cccs2)cc1)C(=O)N[C@@H](Cc1ccccc1)C(=O)N[C@@H](CC(C)C)C(=O)[C@@]1(C)CO1. The molecule has 3 N–H and O–H groups in total. The lowest BCUT2D eigenvalue weighted by molar-refractivity contribution is -0.133. The average molecular weight is 682 g/mol. The number of amides is 3. The molecule has 0 radical (unpaired) electrons. The van der Waals surface area contributed by atoms with Crippen molar-refractivity contribution in [2.45, 2.75) is 86.7 Å². The Morgan fingerprint density at radius 1 is 0.787 bits per heavy atom. The number of ether oxygens (including phenoxy) is 1. The summed E-state index contributed by atoms with van der Waals surface area (Å²) >= 11 is 1.11. The van der Waals surface area contributed by atoms with E-state index in [0.29, 0.717) is 13.0 Å². The molecule has 0 saturated carbocycles. The largest absolute Gasteiger partial charge is 0.361 e. The summed E-state index contributed by atoms with van der Waals surface area (Å²) in [6.07, 6.45) is 0.860. The molecule has 1 aliphatic rings. The topological polar surface area (TPSA) is 151 Å². The van der Waals surface area contributed by atoms with Gasteiger partial charge in [-0.05, 0) is 72.9 Å². The molecule has 2 heterocycles. The molecule has 2 aromatic carbocycles. The van der Waals surface area contributed by atoms with Gasteiger partial charge in [-0.2, -0.15) is 0 Å². The molecular weight excluding hydrogens is 639 g/mol. The number of epoxide rings is 1. The first-order chi connectivity index (χ1) is 22.2. The van der Waals surface area contributed by atoms with Gasteiger partial charge < -0.3 is 20.7 Å². The number of hydrogen-bond donors (Lipinski definition) is 3. The van der Waals surface area contributed by atoms with Crippen molar-refractivity contribution in [2.75, 3.05) is 6.61 Å². The molecule has 0 aliphatic carbocycles. The van der Waals surface area contributed by atoms with Gasteiger partial charge in [0.1, 0.15) is 21.9 Å². The van der Waals surface area contributed by atoms with Gasteiger partial charge in [-0.3, -0.25) is 19.2 Å². The van der Waals surface area contributed by atoms with E-state index in [2.05, 4.69) is 16.0 Å². The highest BCUT2D eigenvalue weighted by Crippen LogP contribution is 2.30. The van der Waals surface area contributed by atoms with Crippen LogP contribution in [0, 0.1) is 11.8 Å². The first-order valence-electron chi connectivity index (χ1n) is 15.7. The van der Waals surface area contributed by atoms with Gasteiger partial charge in [0, 0.05) is 12.0 Å². The number of nitrogens with one attached hydrogen (secondary N) is 3. The van der Waals surface area contributed by atoms with Gasteiger partial charge in [-0.15, -0.1) is 11.3 Å². The number of benzene rings is 2. The number of hydrogen-bond acceptors (Lipinski definition) is 8. The molecule has 3 amide bonds. The zero-order valence-corrected chi connectivity index (χ0v) is 29.0. The second-order valence-corrected chi connectivity index (χ2v) is 16.1. The van der Waals surface area contributed by atoms with Crippen LogP contribution in [-0.4, -0.2) is 62.3 Å². The van der Waals surface area contributed by atoms with Crippen LogP contribution in [0.25, 0.3) is 0 Å². The lowest BCUT2D eigenvalue weighted by atomic mass is 9.93. The van der Waals surface area contributed by atoms with E-state index in [1.54, 1.807) is 18.4 Å². The molecule has 47 heavy (non-hydrogen) atoms. The summed E-state index contributed by atoms with van der Waals surface area (Å²) in [5, 5.41) is 10.2. The maximum Gasteiger partial charge on any atom is 0.251 e. The molecule has 10 nitrogen and oxygen atoms in total. The Bertz CT molecular complexity index is 1650. The van der Waals surface area contributed by atoms with E-state index < -0.39 is 51.3 Å². The average Bonchev–Trinajstić information content (AvgIpc) is 3.52. The summed E-state index contributed by atoms with van der Waals surface area (Å²) in [5.74, 6) is -1.70. The molecule has 1 aliphatic heterocycles. The van der Waals surface area contributed by atoms with Crippen molar-refractivity contribution < 1.29 is 32.3 Å². The Morgan fingerprint density at radius 2 is 1.36 bits per heavy atom. The predicted octanol–water partition coefficient (Wildman–Crippen LogP) is 4.34. The van der Waals surface area contributed by atoms with Gasteiger partial charge in [-0.25, -0.2) is 8.42 Å². The maximum atomic E-state index is 13.8. The molecular formula is C35H43N3O7S2. The monoisotopic (exact) mass is 681 g/mol. The van der Waals surface area contributed by atoms with Crippen molar-refractivity contribution in [1.82, 2.24) is 16.0 Å². The minimum absolute atomic E-state index is 0.0121. The number of carbonyl (C=O) groups excluding carboxylic acids is 4. The zero-order valence-electron chi connectivity index (χ0n) is 27.3. The smallest absolute Gasteiger partial charge is 0.251 e. The Balaban J connectivity index is 1.52. The Hall–Kier alpha value is -3.87. The second kappa shape index (κ2) is 15.4. The molecule has 1 fully saturated rings. The molecule has 3 aromatic rings. The minimum atomic E-state index is -3.71. The zero-order chi connectivity index (χ0) is 34.4. The summed E-state index contributed by atoms with van der Waals surface area (Å²) in [4.78, 5) is 54.1. The fraction of sp³-hybridized carbons (Fsp3) is 0.429. The third kappa shape index (κ3) is 9.59. The van der Waals surface area contributed by atoms with Gasteiger partial charge in [0.15, 0.2) is 5.78 Å². The molecule has 0 spiro atoms. The molecule has 0 bridgehead atoms. The third-order valence-corrected chi connectivity index (χ3v) is 11.0. The van der Waals surface area contributed by atoms with Crippen LogP contribution in [0.2, 0.25) is 0 Å². The fourth-order valence-corrected chi connectivity index (χ4v) is 7.58. The quantitative estimate of drug-likeness (QED) is 0.190. The summed E-state index contributed by atoms with van der Waals surface area (Å²) in [6.45, 7) is 9.74. The number of Topliss-reactive ketones (excluding diaryl/α,β-unsaturated/α-hetero) is 1. The van der Waals surface area contributed by atoms with E-state index in [9.17, 15) is 27.6 Å². The normalized spacial score (nSPS) is 17.9. The van der Waals surface area contributed by atoms with Gasteiger partial charge in [0.2, 0.25) is 21.7 Å². The highest BCUT2D eigenvalue weighted by atomic mass is 32.2. The lowest BCUT2D eigenvalue weighted by Crippen LogP contribution is -2.57. The van der Waals surface area contributed by atoms with E-state index in [-0.39, 0.29) is 45.1 Å². The first kappa shape index (κ1) is 36.0. The van der Waals surface area contributed by atoms with E-state index in [4.69, 9.17) is 4.74 Å². The number of sulfone groups is 1. The minimum Gasteiger partial charge on any atom is -0.361 e. The van der Waals surface area contributed by atoms with E-state index >= 15 is 0 Å². The van der Waals surface area contributed by atoms with Crippen LogP contribution in [0.5, 0.6) is 0 Å². The van der Waals surface area contributed by atoms with Crippen molar-refractivity contribution in [3.8, 4) is 0 Å². The first-order valence-corrected chi connectivity index (χ1v) is 18.1. The number of rotatable bonds is 16. The maximum absolute atomic E-state index is 13.8. The number of thiophene rings is 1. The molecule has 12 heteroatoms. The standard InChI is InChI=1S/C35H43N3O7S2/c1-22(2)18-27(31(39)35(5)21-45-35)36-34(42)29(20-24-10-7-6-8-11-24)38-33(41)28(19-23(3)4)37-32(40)25-13-15-26(16-14-25)47(43,44)30-12-9-17-46-30/h6-17,22-23,27-29H,18-21H2,1-5H3,(H,36,42)(H,37,40)(H,38,41)/t27-,28-,29-,35+/m0/s1. The molecule has 4 atom stereocenters. The number of ketones is 1. The second-order valence-electron chi connectivity index (χ2n) is 12.9. The molecule has 1 aromatic heterocycles. The lowest BCUT2D eigenvalue weighted by Gasteiger charge is -2.27. The van der Waals surface area contributed by atoms with E-state index in [1.165, 1.54) is 30.3 Å². The Kier molecular flexibility index (Phi) is 11.8. The van der Waals surface area contributed by atoms with Crippen LogP contribution in [0.4, 0.5) is 0 Å². The molecule has 0 unspecified atom stereocenters. The van der Waals surface area contributed by atoms with E-state index in [0.717, 1.165) is 16.9 Å². The van der Waals surface area contributed by atoms with Crippen LogP contribution in [-0.2, 0) is 35.4 Å². The van der Waals surface area contributed by atoms with Gasteiger partial charge in [-0.1, -0.05) is 64.1 Å². The van der Waals surface area contributed by atoms with Crippen LogP contribution < -0.4 is 16.0 Å². The fourth-order valence-electron chi connectivity index (χ4n) is 5.19. The van der Waals surface area contributed by atoms with Crippen LogP contribution in [0.3, 0.4) is 0 Å². The van der Waals surface area contributed by atoms with E-state index in [1.807, 2.05) is 58.0 Å². The van der Waals surface area contributed by atoms with Gasteiger partial charge >= 0.3 is 0 Å². The van der Waals surface area contributed by atoms with Gasteiger partial charge in [0.25, 0.3) is 5.91 Å². The van der Waals surface area contributed by atoms with Crippen molar-refractivity contribution in [3.63, 3.8) is 0 Å². The summed E-state index contributed by atoms with van der Waals surface area (Å²) in [6, 6.07) is 15.1. The summed E-state index contributed by atoms with van der Waals surface area (Å²) in [7, 11) is -3.71. The summed E-state index contributed by atoms with van der Waals surface area (Å²) < 4.78 is 31.3. The Labute approximate surface area is 280 Å². The molecule has 4 rings (SSSR count). The highest BCUT2D eigenvalue weighted by Gasteiger charge is 2.50. The van der Waals surface area contributed by atoms with Crippen molar-refractivity contribution in [1.29, 1.82) is 0 Å². The van der Waals surface area contributed by atoms with Crippen LogP contribution in [0.1, 0.15) is 63.4 Å². The number of carbonyl (C=O) groups is 4. The summed E-state index contributed by atoms with van der Waals surface area (Å²) in [5.41, 5.74) is 0.0598. The van der Waals surface area contributed by atoms with Crippen molar-refractivity contribution in [3.05, 3.63) is 83.2 Å². The van der Waals surface area contributed by atoms with Crippen molar-refractivity contribution >= 4 is 44.7 Å². The highest BCUT2D eigenvalue weighted by molar-refractivity contribution is 7.93. The van der Waals surface area contributed by atoms with Crippen molar-refractivity contribution in [2.24, 2.45) is 11.8 Å². The third-order valence-electron chi connectivity index (χ3n) is 7.87. The Morgan fingerprint density at radius 3 is 1.91 bits per heavy atom. The van der Waals surface area contributed by atoms with Crippen LogP contribution in [0.15, 0.2) is 81.2 Å². The van der Waals surface area contributed by atoms with Gasteiger partial charge in [0.05, 0.1) is 17.5 Å². The molecule has 252 valence electrons. The van der Waals surface area contributed by atoms with Crippen LogP contribution >= 0.6 is 11.3 Å². The predicted molar refractivity (Wildman–Crippen MR) is 180 cm³/mol.